The summed E-state index contributed by atoms with van der Waals surface area (Å²) in [7, 11) is -5.51. The molecule has 2 aliphatic heterocycles. The van der Waals surface area contributed by atoms with Crippen LogP contribution in [0.1, 0.15) is 0 Å². The number of rotatable bonds is 5. The van der Waals surface area contributed by atoms with Gasteiger partial charge in [0.15, 0.2) is 24.6 Å². The summed E-state index contributed by atoms with van der Waals surface area (Å²) in [6.07, 6.45) is 0. The average molecular weight is 731 g/mol. The fourth-order valence-corrected chi connectivity index (χ4v) is 14.3. The van der Waals surface area contributed by atoms with Crippen molar-refractivity contribution in [2.75, 3.05) is 4.90 Å². The largest absolute Gasteiger partial charge is 0.309 e. The number of hydrogen-bond donors (Lipinski definition) is 0. The highest BCUT2D eigenvalue weighted by Crippen LogP contribution is 2.54. The van der Waals surface area contributed by atoms with Crippen molar-refractivity contribution < 1.29 is 4.57 Å². The third-order valence-corrected chi connectivity index (χ3v) is 17.6. The third kappa shape index (κ3) is 4.98. The molecule has 54 heavy (non-hydrogen) atoms. The highest BCUT2D eigenvalue weighted by Gasteiger charge is 2.45. The Hall–Kier alpha value is -6.20. The van der Waals surface area contributed by atoms with E-state index in [-0.39, 0.29) is 0 Å². The molecule has 0 amide bonds. The normalized spacial score (nSPS) is 16.2. The van der Waals surface area contributed by atoms with Crippen molar-refractivity contribution in [2.24, 2.45) is 0 Å². The van der Waals surface area contributed by atoms with Gasteiger partial charge in [-0.3, -0.25) is 0 Å². The molecule has 1 atom stereocenters. The second-order valence-electron chi connectivity index (χ2n) is 14.4. The number of benzene rings is 7. The standard InChI is InChI=1S/C47H35N4OPSi/c1-54(2)43-28-27-34(47-49-45(32-17-7-3-8-18-32)48-46(50-47)33-19-9-4-10-20-33)29-37(43)38-30-42-40(31-44(38)54)51(35-21-11-5-12-22-35)39-25-15-16-26-41(39)53(42,52)36-23-13-6-14-24-36/h3-31H,1-2H3. The zero-order chi connectivity index (χ0) is 36.4. The van der Waals surface area contributed by atoms with Gasteiger partial charge in [-0.15, -0.1) is 0 Å². The van der Waals surface area contributed by atoms with Crippen molar-refractivity contribution in [3.05, 3.63) is 176 Å². The Labute approximate surface area is 316 Å². The molecule has 0 N–H and O–H groups in total. The third-order valence-electron chi connectivity index (χ3n) is 10.9. The molecule has 1 unspecified atom stereocenters. The van der Waals surface area contributed by atoms with E-state index in [1.807, 2.05) is 109 Å². The molecule has 8 aromatic rings. The lowest BCUT2D eigenvalue weighted by molar-refractivity contribution is 0.592. The molecule has 1 aromatic heterocycles. The van der Waals surface area contributed by atoms with Crippen LogP contribution in [-0.2, 0) is 4.57 Å². The van der Waals surface area contributed by atoms with Gasteiger partial charge in [0, 0.05) is 38.3 Å². The number of hydrogen-bond acceptors (Lipinski definition) is 5. The van der Waals surface area contributed by atoms with Crippen LogP contribution in [0.3, 0.4) is 0 Å². The summed E-state index contributed by atoms with van der Waals surface area (Å²) in [6.45, 7) is 4.85. The minimum atomic E-state index is -3.30. The molecular formula is C47H35N4OPSi. The van der Waals surface area contributed by atoms with E-state index in [0.29, 0.717) is 17.5 Å². The second-order valence-corrected chi connectivity index (χ2v) is 21.4. The summed E-state index contributed by atoms with van der Waals surface area (Å²) in [4.78, 5) is 17.3. The predicted molar refractivity (Wildman–Crippen MR) is 226 cm³/mol. The van der Waals surface area contributed by atoms with Crippen LogP contribution in [0.2, 0.25) is 13.1 Å². The Morgan fingerprint density at radius 2 is 0.981 bits per heavy atom. The van der Waals surface area contributed by atoms with Crippen molar-refractivity contribution in [3.63, 3.8) is 0 Å². The van der Waals surface area contributed by atoms with E-state index >= 15 is 4.57 Å². The van der Waals surface area contributed by atoms with Crippen LogP contribution in [0.15, 0.2) is 176 Å². The average Bonchev–Trinajstić information content (AvgIpc) is 3.46. The number of fused-ring (bicyclic) bond motifs is 5. The van der Waals surface area contributed by atoms with E-state index in [2.05, 4.69) is 84.7 Å². The Kier molecular flexibility index (Phi) is 7.48. The molecule has 258 valence electrons. The van der Waals surface area contributed by atoms with E-state index in [1.54, 1.807) is 0 Å². The van der Waals surface area contributed by atoms with Crippen molar-refractivity contribution in [1.82, 2.24) is 15.0 Å². The van der Waals surface area contributed by atoms with Gasteiger partial charge in [0.2, 0.25) is 0 Å². The van der Waals surface area contributed by atoms with Crippen LogP contribution >= 0.6 is 7.14 Å². The van der Waals surface area contributed by atoms with Gasteiger partial charge in [0.25, 0.3) is 0 Å². The lowest BCUT2D eigenvalue weighted by atomic mass is 10.0. The van der Waals surface area contributed by atoms with Crippen LogP contribution in [0.4, 0.5) is 17.1 Å². The van der Waals surface area contributed by atoms with Crippen molar-refractivity contribution in [2.45, 2.75) is 13.1 Å². The first-order chi connectivity index (χ1) is 26.4. The molecule has 0 spiro atoms. The molecule has 0 fully saturated rings. The maximum atomic E-state index is 16.1. The smallest absolute Gasteiger partial charge is 0.175 e. The topological polar surface area (TPSA) is 59.0 Å². The quantitative estimate of drug-likeness (QED) is 0.131. The highest BCUT2D eigenvalue weighted by atomic mass is 31.2. The minimum Gasteiger partial charge on any atom is -0.309 e. The van der Waals surface area contributed by atoms with Crippen LogP contribution < -0.4 is 31.2 Å². The summed E-state index contributed by atoms with van der Waals surface area (Å²) >= 11 is 0. The zero-order valence-electron chi connectivity index (χ0n) is 29.9. The Bertz CT molecular complexity index is 2720. The van der Waals surface area contributed by atoms with E-state index in [9.17, 15) is 0 Å². The van der Waals surface area contributed by atoms with E-state index < -0.39 is 15.2 Å². The molecule has 0 aliphatic carbocycles. The molecule has 0 saturated carbocycles. The summed E-state index contributed by atoms with van der Waals surface area (Å²) in [5.41, 5.74) is 8.08. The highest BCUT2D eigenvalue weighted by molar-refractivity contribution is 7.86. The molecular weight excluding hydrogens is 696 g/mol. The van der Waals surface area contributed by atoms with Gasteiger partial charge in [0.1, 0.15) is 8.07 Å². The molecule has 7 heteroatoms. The van der Waals surface area contributed by atoms with E-state index in [0.717, 1.165) is 60.8 Å². The van der Waals surface area contributed by atoms with Crippen LogP contribution in [0.25, 0.3) is 45.3 Å². The van der Waals surface area contributed by atoms with Gasteiger partial charge < -0.3 is 9.46 Å². The van der Waals surface area contributed by atoms with E-state index in [1.165, 1.54) is 10.4 Å². The summed E-state index contributed by atoms with van der Waals surface area (Å²) in [6, 6.07) is 60.2. The Balaban J connectivity index is 1.21. The molecule has 0 saturated heterocycles. The molecule has 3 heterocycles. The summed E-state index contributed by atoms with van der Waals surface area (Å²) in [5, 5.41) is 5.22. The van der Waals surface area contributed by atoms with E-state index in [4.69, 9.17) is 15.0 Å². The molecule has 10 rings (SSSR count). The lowest BCUT2D eigenvalue weighted by Crippen LogP contribution is -2.50. The molecule has 0 bridgehead atoms. The number of para-hydroxylation sites is 2. The summed E-state index contributed by atoms with van der Waals surface area (Å²) in [5.74, 6) is 1.88. The van der Waals surface area contributed by atoms with Crippen molar-refractivity contribution in [3.8, 4) is 45.3 Å². The Morgan fingerprint density at radius 1 is 0.463 bits per heavy atom. The molecule has 5 nitrogen and oxygen atoms in total. The van der Waals surface area contributed by atoms with Gasteiger partial charge in [-0.2, -0.15) is 0 Å². The molecule has 0 radical (unpaired) electrons. The van der Waals surface area contributed by atoms with Gasteiger partial charge in [-0.1, -0.05) is 147 Å². The van der Waals surface area contributed by atoms with Gasteiger partial charge >= 0.3 is 0 Å². The zero-order valence-corrected chi connectivity index (χ0v) is 31.8. The van der Waals surface area contributed by atoms with Crippen molar-refractivity contribution >= 4 is 58.6 Å². The second kappa shape index (κ2) is 12.4. The molecule has 2 aliphatic rings. The van der Waals surface area contributed by atoms with Gasteiger partial charge in [-0.05, 0) is 64.0 Å². The predicted octanol–water partition coefficient (Wildman–Crippen LogP) is 9.10. The maximum absolute atomic E-state index is 16.1. The van der Waals surface area contributed by atoms with Gasteiger partial charge in [-0.25, -0.2) is 15.0 Å². The SMILES string of the molecule is C[Si]1(C)c2ccc(-c3nc(-c4ccccc4)nc(-c4ccccc4)n3)cc2-c2cc3c(cc21)N(c1ccccc1)c1ccccc1P3(=O)c1ccccc1. The van der Waals surface area contributed by atoms with Crippen LogP contribution in [0.5, 0.6) is 0 Å². The maximum Gasteiger partial charge on any atom is 0.175 e. The Morgan fingerprint density at radius 3 is 1.61 bits per heavy atom. The lowest BCUT2D eigenvalue weighted by Gasteiger charge is -2.38. The monoisotopic (exact) mass is 730 g/mol. The fourth-order valence-electron chi connectivity index (χ4n) is 8.23. The number of anilines is 3. The summed E-state index contributed by atoms with van der Waals surface area (Å²) < 4.78 is 16.1. The number of nitrogens with zero attached hydrogens (tertiary/aromatic N) is 4. The molecule has 7 aromatic carbocycles. The van der Waals surface area contributed by atoms with Crippen molar-refractivity contribution in [1.29, 1.82) is 0 Å². The van der Waals surface area contributed by atoms with Crippen LogP contribution in [-0.4, -0.2) is 23.0 Å². The first kappa shape index (κ1) is 32.4. The van der Waals surface area contributed by atoms with Gasteiger partial charge in [0.05, 0.1) is 11.4 Å². The first-order valence-electron chi connectivity index (χ1n) is 18.2. The fraction of sp³-hybridized carbons (Fsp3) is 0.0426. The number of aromatic nitrogens is 3. The minimum absolute atomic E-state index is 0.621. The van der Waals surface area contributed by atoms with Crippen LogP contribution in [0, 0.1) is 0 Å². The first-order valence-corrected chi connectivity index (χ1v) is 22.9.